The lowest BCUT2D eigenvalue weighted by atomic mass is 9.98. The van der Waals surface area contributed by atoms with Crippen LogP contribution < -0.4 is 14.8 Å². The molecule has 0 radical (unpaired) electrons. The summed E-state index contributed by atoms with van der Waals surface area (Å²) in [6.07, 6.45) is 3.79. The van der Waals surface area contributed by atoms with Gasteiger partial charge in [0.15, 0.2) is 0 Å². The van der Waals surface area contributed by atoms with E-state index < -0.39 is 10.0 Å². The molecule has 0 bridgehead atoms. The lowest BCUT2D eigenvalue weighted by Gasteiger charge is -2.19. The molecule has 0 aliphatic carbocycles. The van der Waals surface area contributed by atoms with E-state index in [-0.39, 0.29) is 30.5 Å². The molecule has 0 aliphatic heterocycles. The van der Waals surface area contributed by atoms with Gasteiger partial charge < -0.3 is 15.2 Å². The quantitative estimate of drug-likeness (QED) is 0.479. The van der Waals surface area contributed by atoms with E-state index in [1.165, 1.54) is 0 Å². The maximum Gasteiger partial charge on any atom is 0.241 e. The SMILES string of the molecule is COc1ncccc1[C@H](C)Cc1nc(N[C@@H](CO)CC(C)C)nc(NS(C)(=O)=O)n1. The fourth-order valence-electron chi connectivity index (χ4n) is 3.05. The highest BCUT2D eigenvalue weighted by atomic mass is 32.2. The van der Waals surface area contributed by atoms with Crippen LogP contribution in [0, 0.1) is 5.92 Å². The topological polar surface area (TPSA) is 139 Å². The second-order valence-corrected chi connectivity index (χ2v) is 9.38. The van der Waals surface area contributed by atoms with Crippen LogP contribution in [0.2, 0.25) is 0 Å². The molecule has 0 aromatic carbocycles. The molecule has 0 aliphatic rings. The third-order valence-electron chi connectivity index (χ3n) is 4.28. The molecule has 0 saturated carbocycles. The van der Waals surface area contributed by atoms with E-state index in [1.54, 1.807) is 13.3 Å². The summed E-state index contributed by atoms with van der Waals surface area (Å²) in [7, 11) is -2.01. The number of pyridine rings is 1. The summed E-state index contributed by atoms with van der Waals surface area (Å²) in [5, 5.41) is 12.7. The molecule has 10 nitrogen and oxygen atoms in total. The fraction of sp³-hybridized carbons (Fsp3) is 0.579. The molecule has 2 aromatic heterocycles. The third-order valence-corrected chi connectivity index (χ3v) is 4.83. The zero-order valence-corrected chi connectivity index (χ0v) is 18.8. The van der Waals surface area contributed by atoms with Gasteiger partial charge in [0.05, 0.1) is 26.0 Å². The Hall–Kier alpha value is -2.53. The minimum absolute atomic E-state index is 0.0423. The van der Waals surface area contributed by atoms with Crippen LogP contribution in [0.4, 0.5) is 11.9 Å². The van der Waals surface area contributed by atoms with Crippen molar-refractivity contribution in [2.24, 2.45) is 5.92 Å². The Labute approximate surface area is 177 Å². The van der Waals surface area contributed by atoms with Gasteiger partial charge in [0, 0.05) is 18.2 Å². The highest BCUT2D eigenvalue weighted by molar-refractivity contribution is 7.91. The Morgan fingerprint density at radius 2 is 1.87 bits per heavy atom. The first-order valence-corrected chi connectivity index (χ1v) is 11.6. The van der Waals surface area contributed by atoms with Crippen LogP contribution in [0.3, 0.4) is 0 Å². The fourth-order valence-corrected chi connectivity index (χ4v) is 3.47. The van der Waals surface area contributed by atoms with Gasteiger partial charge >= 0.3 is 0 Å². The van der Waals surface area contributed by atoms with Crippen molar-refractivity contribution in [1.82, 2.24) is 19.9 Å². The number of anilines is 2. The standard InChI is InChI=1S/C19H30N6O4S/c1-12(2)9-14(11-26)21-18-22-16(23-19(24-18)25-30(5,27)28)10-13(3)15-7-6-8-20-17(15)29-4/h6-8,12-14,26H,9-11H2,1-5H3,(H2,21,22,23,24,25)/t13-,14-/m1/s1. The zero-order chi connectivity index (χ0) is 22.3. The van der Waals surface area contributed by atoms with Crippen molar-refractivity contribution in [3.63, 3.8) is 0 Å². The Balaban J connectivity index is 2.33. The summed E-state index contributed by atoms with van der Waals surface area (Å²) < 4.78 is 31.0. The lowest BCUT2D eigenvalue weighted by molar-refractivity contribution is 0.259. The van der Waals surface area contributed by atoms with Gasteiger partial charge in [-0.1, -0.05) is 26.8 Å². The number of aliphatic hydroxyl groups is 1. The first kappa shape index (κ1) is 23.7. The van der Waals surface area contributed by atoms with Crippen LogP contribution in [0.5, 0.6) is 5.88 Å². The molecule has 30 heavy (non-hydrogen) atoms. The second-order valence-electron chi connectivity index (χ2n) is 7.63. The predicted octanol–water partition coefficient (Wildman–Crippen LogP) is 1.81. The Morgan fingerprint density at radius 1 is 1.17 bits per heavy atom. The average Bonchev–Trinajstić information content (AvgIpc) is 2.65. The summed E-state index contributed by atoms with van der Waals surface area (Å²) in [5.41, 5.74) is 0.889. The van der Waals surface area contributed by atoms with Gasteiger partial charge in [-0.05, 0) is 24.3 Å². The molecule has 11 heteroatoms. The lowest BCUT2D eigenvalue weighted by Crippen LogP contribution is -2.27. The third kappa shape index (κ3) is 7.38. The minimum Gasteiger partial charge on any atom is -0.481 e. The summed E-state index contributed by atoms with van der Waals surface area (Å²) in [6.45, 7) is 5.97. The zero-order valence-electron chi connectivity index (χ0n) is 18.0. The molecule has 2 aromatic rings. The van der Waals surface area contributed by atoms with Gasteiger partial charge in [0.25, 0.3) is 0 Å². The maximum atomic E-state index is 11.7. The molecule has 0 saturated heterocycles. The second kappa shape index (κ2) is 10.5. The predicted molar refractivity (Wildman–Crippen MR) is 115 cm³/mol. The number of nitrogens with zero attached hydrogens (tertiary/aromatic N) is 4. The van der Waals surface area contributed by atoms with Gasteiger partial charge in [-0.3, -0.25) is 4.72 Å². The normalized spacial score (nSPS) is 13.7. The number of aliphatic hydroxyl groups excluding tert-OH is 1. The molecular formula is C19H30N6O4S. The van der Waals surface area contributed by atoms with Gasteiger partial charge in [-0.25, -0.2) is 13.4 Å². The molecule has 2 rings (SSSR count). The smallest absolute Gasteiger partial charge is 0.241 e. The molecule has 2 heterocycles. The molecule has 2 atom stereocenters. The van der Waals surface area contributed by atoms with Crippen LogP contribution in [0.25, 0.3) is 0 Å². The van der Waals surface area contributed by atoms with E-state index in [9.17, 15) is 13.5 Å². The summed E-state index contributed by atoms with van der Waals surface area (Å²) >= 11 is 0. The van der Waals surface area contributed by atoms with Gasteiger partial charge in [-0.15, -0.1) is 0 Å². The number of hydrogen-bond donors (Lipinski definition) is 3. The molecule has 0 unspecified atom stereocenters. The number of sulfonamides is 1. The first-order valence-electron chi connectivity index (χ1n) is 9.70. The maximum absolute atomic E-state index is 11.7. The summed E-state index contributed by atoms with van der Waals surface area (Å²) in [6, 6.07) is 3.47. The number of methoxy groups -OCH3 is 1. The van der Waals surface area contributed by atoms with Crippen molar-refractivity contribution in [1.29, 1.82) is 0 Å². The van der Waals surface area contributed by atoms with Crippen molar-refractivity contribution in [3.05, 3.63) is 29.7 Å². The molecule has 0 fully saturated rings. The van der Waals surface area contributed by atoms with Crippen molar-refractivity contribution >= 4 is 21.9 Å². The van der Waals surface area contributed by atoms with Crippen molar-refractivity contribution < 1.29 is 18.3 Å². The van der Waals surface area contributed by atoms with E-state index in [1.807, 2.05) is 32.9 Å². The largest absolute Gasteiger partial charge is 0.481 e. The van der Waals surface area contributed by atoms with E-state index >= 15 is 0 Å². The number of hydrogen-bond acceptors (Lipinski definition) is 9. The molecule has 0 spiro atoms. The van der Waals surface area contributed by atoms with Crippen LogP contribution >= 0.6 is 0 Å². The first-order chi connectivity index (χ1) is 14.1. The Morgan fingerprint density at radius 3 is 2.47 bits per heavy atom. The van der Waals surface area contributed by atoms with Gasteiger partial charge in [0.2, 0.25) is 27.8 Å². The monoisotopic (exact) mass is 438 g/mol. The highest BCUT2D eigenvalue weighted by Crippen LogP contribution is 2.26. The van der Waals surface area contributed by atoms with E-state index in [0.29, 0.717) is 30.5 Å². The van der Waals surface area contributed by atoms with Crippen LogP contribution in [-0.4, -0.2) is 59.5 Å². The van der Waals surface area contributed by atoms with Gasteiger partial charge in [0.1, 0.15) is 5.82 Å². The summed E-state index contributed by atoms with van der Waals surface area (Å²) in [4.78, 5) is 17.1. The number of rotatable bonds is 11. The molecule has 3 N–H and O–H groups in total. The van der Waals surface area contributed by atoms with E-state index in [2.05, 4.69) is 30.0 Å². The molecule has 166 valence electrons. The van der Waals surface area contributed by atoms with E-state index in [4.69, 9.17) is 4.74 Å². The van der Waals surface area contributed by atoms with Crippen molar-refractivity contribution in [2.75, 3.05) is 30.0 Å². The minimum atomic E-state index is -3.56. The van der Waals surface area contributed by atoms with Crippen LogP contribution in [-0.2, 0) is 16.4 Å². The molecular weight excluding hydrogens is 408 g/mol. The number of aromatic nitrogens is 4. The molecule has 0 amide bonds. The van der Waals surface area contributed by atoms with Gasteiger partial charge in [-0.2, -0.15) is 15.0 Å². The Bertz CT molecular complexity index is 938. The van der Waals surface area contributed by atoms with Crippen LogP contribution in [0.1, 0.15) is 44.5 Å². The van der Waals surface area contributed by atoms with E-state index in [0.717, 1.165) is 11.8 Å². The summed E-state index contributed by atoms with van der Waals surface area (Å²) in [5.74, 6) is 1.36. The Kier molecular flexibility index (Phi) is 8.30. The number of nitrogens with one attached hydrogen (secondary N) is 2. The number of ether oxygens (including phenoxy) is 1. The van der Waals surface area contributed by atoms with Crippen molar-refractivity contribution in [2.45, 2.75) is 45.6 Å². The van der Waals surface area contributed by atoms with Crippen molar-refractivity contribution in [3.8, 4) is 5.88 Å². The highest BCUT2D eigenvalue weighted by Gasteiger charge is 2.18. The average molecular weight is 439 g/mol. The van der Waals surface area contributed by atoms with Crippen LogP contribution in [0.15, 0.2) is 18.3 Å².